The second kappa shape index (κ2) is 9.51. The molecular formula is C25H23ClF3N3O4S2. The van der Waals surface area contributed by atoms with Crippen LogP contribution in [0.5, 0.6) is 11.5 Å². The Morgan fingerprint density at radius 1 is 1.16 bits per heavy atom. The third kappa shape index (κ3) is 5.27. The third-order valence-corrected chi connectivity index (χ3v) is 9.09. The molecule has 2 aliphatic rings. The lowest BCUT2D eigenvalue weighted by molar-refractivity contribution is -0.286. The minimum Gasteiger partial charge on any atom is -0.395 e. The van der Waals surface area contributed by atoms with Gasteiger partial charge in [-0.25, -0.2) is 18.3 Å². The number of hydrogen-bond donors (Lipinski definition) is 2. The lowest BCUT2D eigenvalue weighted by Gasteiger charge is -2.24. The summed E-state index contributed by atoms with van der Waals surface area (Å²) in [5.74, 6) is -1.06. The molecule has 0 spiro atoms. The number of nitrogens with one attached hydrogen (secondary N) is 2. The van der Waals surface area contributed by atoms with Gasteiger partial charge < -0.3 is 14.8 Å². The molecule has 1 aromatic heterocycles. The maximum Gasteiger partial charge on any atom is 0.586 e. The minimum atomic E-state index is -3.74. The van der Waals surface area contributed by atoms with Crippen LogP contribution in [0.3, 0.4) is 0 Å². The first kappa shape index (κ1) is 26.9. The van der Waals surface area contributed by atoms with E-state index in [-0.39, 0.29) is 27.6 Å². The van der Waals surface area contributed by atoms with Crippen LogP contribution in [-0.2, 0) is 21.2 Å². The van der Waals surface area contributed by atoms with Gasteiger partial charge in [0, 0.05) is 16.1 Å². The Balaban J connectivity index is 1.38. The van der Waals surface area contributed by atoms with E-state index in [4.69, 9.17) is 11.6 Å². The number of alkyl halides is 2. The average Bonchev–Trinajstić information content (AvgIpc) is 3.40. The zero-order valence-corrected chi connectivity index (χ0v) is 22.8. The Hall–Kier alpha value is -2.67. The molecule has 2 atom stereocenters. The first-order valence-electron chi connectivity index (χ1n) is 11.6. The number of fused-ring (bicyclic) bond motifs is 1. The Morgan fingerprint density at radius 3 is 2.53 bits per heavy atom. The van der Waals surface area contributed by atoms with Crippen LogP contribution in [0.4, 0.5) is 18.3 Å². The van der Waals surface area contributed by atoms with Crippen LogP contribution in [0, 0.1) is 5.82 Å². The molecule has 7 nitrogen and oxygen atoms in total. The molecule has 13 heteroatoms. The van der Waals surface area contributed by atoms with Gasteiger partial charge in [-0.2, -0.15) is 0 Å². The summed E-state index contributed by atoms with van der Waals surface area (Å²) in [6.07, 6.45) is -1.17. The SMILES string of the molecule is CC(C)(C)S(=O)NC(c1cnc(NC(=O)C2(c3ccc4c(c3)OC(F)(F)O4)CC2)s1)c1ccc(F)cc1Cl. The molecule has 1 saturated carbocycles. The number of ether oxygens (including phenoxy) is 2. The highest BCUT2D eigenvalue weighted by Gasteiger charge is 2.53. The van der Waals surface area contributed by atoms with Gasteiger partial charge in [0.25, 0.3) is 0 Å². The molecule has 2 N–H and O–H groups in total. The highest BCUT2D eigenvalue weighted by molar-refractivity contribution is 7.84. The molecule has 1 aliphatic carbocycles. The number of carbonyl (C=O) groups is 1. The quantitative estimate of drug-likeness (QED) is 0.351. The average molecular weight is 586 g/mol. The molecule has 0 bridgehead atoms. The van der Waals surface area contributed by atoms with Crippen molar-refractivity contribution in [2.24, 2.45) is 0 Å². The molecule has 0 saturated heterocycles. The predicted molar refractivity (Wildman–Crippen MR) is 139 cm³/mol. The summed E-state index contributed by atoms with van der Waals surface area (Å²) in [5, 5.41) is 3.25. The van der Waals surface area contributed by atoms with Gasteiger partial charge in [0.1, 0.15) is 5.82 Å². The van der Waals surface area contributed by atoms with Crippen molar-refractivity contribution in [3.8, 4) is 11.5 Å². The van der Waals surface area contributed by atoms with Crippen molar-refractivity contribution >= 4 is 45.0 Å². The summed E-state index contributed by atoms with van der Waals surface area (Å²) in [4.78, 5) is 18.2. The van der Waals surface area contributed by atoms with Crippen molar-refractivity contribution in [1.29, 1.82) is 0 Å². The number of rotatable bonds is 7. The van der Waals surface area contributed by atoms with Gasteiger partial charge in [-0.05, 0) is 69.0 Å². The molecule has 0 radical (unpaired) electrons. The normalized spacial score (nSPS) is 18.6. The number of benzene rings is 2. The molecular weight excluding hydrogens is 563 g/mol. The summed E-state index contributed by atoms with van der Waals surface area (Å²) < 4.78 is 64.9. The standard InChI is InChI=1S/C25H23ClF3N3O4S2/c1-23(2,3)38(34)32-20(15-6-5-14(27)11-16(15)26)19-12-30-22(37-19)31-21(33)24(8-9-24)13-4-7-17-18(10-13)36-25(28,29)35-17/h4-7,10-12,20,32H,8-9H2,1-3H3,(H,30,31,33). The first-order chi connectivity index (χ1) is 17.8. The second-order valence-corrected chi connectivity index (χ2v) is 13.5. The van der Waals surface area contributed by atoms with Crippen LogP contribution < -0.4 is 19.5 Å². The number of amides is 1. The van der Waals surface area contributed by atoms with E-state index in [0.29, 0.717) is 28.8 Å². The van der Waals surface area contributed by atoms with Crippen LogP contribution >= 0.6 is 22.9 Å². The molecule has 2 heterocycles. The number of anilines is 1. The highest BCUT2D eigenvalue weighted by atomic mass is 35.5. The largest absolute Gasteiger partial charge is 0.586 e. The lowest BCUT2D eigenvalue weighted by Crippen LogP contribution is -2.36. The Kier molecular flexibility index (Phi) is 6.74. The molecule has 2 aromatic carbocycles. The van der Waals surface area contributed by atoms with Crippen LogP contribution in [0.25, 0.3) is 0 Å². The summed E-state index contributed by atoms with van der Waals surface area (Å²) in [7, 11) is -1.50. The predicted octanol–water partition coefficient (Wildman–Crippen LogP) is 6.07. The maximum absolute atomic E-state index is 13.7. The second-order valence-electron chi connectivity index (χ2n) is 10.0. The third-order valence-electron chi connectivity index (χ3n) is 6.22. The van der Waals surface area contributed by atoms with Gasteiger partial charge in [-0.1, -0.05) is 35.1 Å². The van der Waals surface area contributed by atoms with Crippen molar-refractivity contribution in [2.75, 3.05) is 5.32 Å². The van der Waals surface area contributed by atoms with Crippen molar-refractivity contribution < 1.29 is 31.6 Å². The van der Waals surface area contributed by atoms with Crippen LogP contribution in [0.15, 0.2) is 42.6 Å². The van der Waals surface area contributed by atoms with Crippen molar-refractivity contribution in [3.05, 3.63) is 69.4 Å². The zero-order chi connectivity index (χ0) is 27.5. The molecule has 5 rings (SSSR count). The van der Waals surface area contributed by atoms with E-state index in [9.17, 15) is 22.2 Å². The van der Waals surface area contributed by atoms with E-state index in [1.54, 1.807) is 6.07 Å². The van der Waals surface area contributed by atoms with E-state index in [1.165, 1.54) is 36.5 Å². The smallest absolute Gasteiger partial charge is 0.395 e. The Morgan fingerprint density at radius 2 is 1.87 bits per heavy atom. The van der Waals surface area contributed by atoms with Crippen molar-refractivity contribution in [3.63, 3.8) is 0 Å². The van der Waals surface area contributed by atoms with Gasteiger partial charge in [0.2, 0.25) is 5.91 Å². The van der Waals surface area contributed by atoms with E-state index in [1.807, 2.05) is 20.8 Å². The Bertz CT molecular complexity index is 1440. The fourth-order valence-electron chi connectivity index (χ4n) is 4.01. The monoisotopic (exact) mass is 585 g/mol. The van der Waals surface area contributed by atoms with E-state index < -0.39 is 39.3 Å². The summed E-state index contributed by atoms with van der Waals surface area (Å²) in [6.45, 7) is 5.43. The molecule has 3 aromatic rings. The van der Waals surface area contributed by atoms with Gasteiger partial charge in [-0.3, -0.25) is 4.79 Å². The van der Waals surface area contributed by atoms with Crippen molar-refractivity contribution in [1.82, 2.24) is 9.71 Å². The molecule has 1 aliphatic heterocycles. The molecule has 2 unspecified atom stereocenters. The summed E-state index contributed by atoms with van der Waals surface area (Å²) in [6, 6.07) is 7.59. The van der Waals surface area contributed by atoms with Gasteiger partial charge >= 0.3 is 6.29 Å². The highest BCUT2D eigenvalue weighted by Crippen LogP contribution is 2.52. The van der Waals surface area contributed by atoms with Gasteiger partial charge in [-0.15, -0.1) is 8.78 Å². The minimum absolute atomic E-state index is 0.0924. The summed E-state index contributed by atoms with van der Waals surface area (Å²) >= 11 is 7.48. The number of nitrogens with zero attached hydrogens (tertiary/aromatic N) is 1. The van der Waals surface area contributed by atoms with Gasteiger partial charge in [0.05, 0.1) is 27.2 Å². The number of thiazole rings is 1. The van der Waals surface area contributed by atoms with E-state index in [2.05, 4.69) is 24.5 Å². The van der Waals surface area contributed by atoms with Crippen LogP contribution in [-0.4, -0.2) is 26.1 Å². The molecule has 38 heavy (non-hydrogen) atoms. The van der Waals surface area contributed by atoms with Gasteiger partial charge in [0.15, 0.2) is 16.6 Å². The zero-order valence-electron chi connectivity index (χ0n) is 20.4. The van der Waals surface area contributed by atoms with Crippen molar-refractivity contribution in [2.45, 2.75) is 56.1 Å². The maximum atomic E-state index is 13.7. The number of carbonyl (C=O) groups excluding carboxylic acids is 1. The number of halogens is 4. The van der Waals surface area contributed by atoms with E-state index in [0.717, 1.165) is 11.3 Å². The topological polar surface area (TPSA) is 89.6 Å². The van der Waals surface area contributed by atoms with E-state index >= 15 is 0 Å². The first-order valence-corrected chi connectivity index (χ1v) is 13.9. The summed E-state index contributed by atoms with van der Waals surface area (Å²) in [5.41, 5.74) is 0.126. The molecule has 1 amide bonds. The van der Waals surface area contributed by atoms with Crippen LogP contribution in [0.1, 0.15) is 55.7 Å². The molecule has 1 fully saturated rings. The molecule has 202 valence electrons. The fourth-order valence-corrected chi connectivity index (χ4v) is 6.06. The fraction of sp³-hybridized carbons (Fsp3) is 0.360. The lowest BCUT2D eigenvalue weighted by atomic mass is 9.94. The van der Waals surface area contributed by atoms with Crippen LogP contribution in [0.2, 0.25) is 5.02 Å². The Labute approximate surface area is 228 Å². The number of hydrogen-bond acceptors (Lipinski definition) is 6. The number of aromatic nitrogens is 1.